The van der Waals surface area contributed by atoms with Gasteiger partial charge in [0.15, 0.2) is 5.78 Å². The van der Waals surface area contributed by atoms with Crippen molar-refractivity contribution in [3.05, 3.63) is 75.8 Å². The molecule has 0 aromatic heterocycles. The fraction of sp³-hybridized carbons (Fsp3) is 0. The molecule has 0 heterocycles. The van der Waals surface area contributed by atoms with Crippen LogP contribution in [0.25, 0.3) is 10.8 Å². The molecular weight excluding hydrogens is 305 g/mol. The molecule has 0 atom stereocenters. The lowest BCUT2D eigenvalue weighted by molar-refractivity contribution is 0.104. The number of hydrogen-bond acceptors (Lipinski definition) is 2. The van der Waals surface area contributed by atoms with Crippen LogP contribution in [0.3, 0.4) is 0 Å². The highest BCUT2D eigenvalue weighted by Crippen LogP contribution is 2.30. The number of carbonyl (C=O) groups is 1. The third kappa shape index (κ3) is 2.48. The summed E-state index contributed by atoms with van der Waals surface area (Å²) in [7, 11) is 0. The average Bonchev–Trinajstić information content (AvgIpc) is 2.48. The van der Waals surface area contributed by atoms with Gasteiger partial charge < -0.3 is 5.73 Å². The summed E-state index contributed by atoms with van der Waals surface area (Å²) in [5.74, 6) is -0.231. The Bertz CT molecular complexity index is 859. The number of rotatable bonds is 2. The van der Waals surface area contributed by atoms with Crippen molar-refractivity contribution in [1.82, 2.24) is 0 Å². The summed E-state index contributed by atoms with van der Waals surface area (Å²) in [6.07, 6.45) is 0. The summed E-state index contributed by atoms with van der Waals surface area (Å²) < 4.78 is 0. The minimum absolute atomic E-state index is 0.231. The monoisotopic (exact) mass is 315 g/mol. The molecule has 0 unspecified atom stereocenters. The molecule has 0 aliphatic rings. The first-order chi connectivity index (χ1) is 10.1. The Balaban J connectivity index is 2.17. The molecule has 3 aromatic carbocycles. The topological polar surface area (TPSA) is 43.1 Å². The number of fused-ring (bicyclic) bond motifs is 1. The number of halogens is 2. The molecular formula is C17H11Cl2NO. The lowest BCUT2D eigenvalue weighted by Crippen LogP contribution is -2.06. The second-order valence-corrected chi connectivity index (χ2v) is 5.50. The van der Waals surface area contributed by atoms with Crippen molar-refractivity contribution >= 4 is 45.4 Å². The number of hydrogen-bond donors (Lipinski definition) is 1. The first-order valence-electron chi connectivity index (χ1n) is 6.35. The highest BCUT2D eigenvalue weighted by molar-refractivity contribution is 6.44. The molecule has 4 heteroatoms. The van der Waals surface area contributed by atoms with E-state index in [2.05, 4.69) is 0 Å². The standard InChI is InChI=1S/C17H11Cl2NO/c18-14-7-3-6-12(16(14)19)17(21)13-8-10-4-1-2-5-11(10)9-15(13)20/h1-9H,20H2. The molecule has 0 aliphatic heterocycles. The number of anilines is 1. The SMILES string of the molecule is Nc1cc2ccccc2cc1C(=O)c1cccc(Cl)c1Cl. The highest BCUT2D eigenvalue weighted by atomic mass is 35.5. The zero-order valence-electron chi connectivity index (χ0n) is 10.9. The highest BCUT2D eigenvalue weighted by Gasteiger charge is 2.17. The largest absolute Gasteiger partial charge is 0.398 e. The lowest BCUT2D eigenvalue weighted by Gasteiger charge is -2.09. The van der Waals surface area contributed by atoms with Gasteiger partial charge in [0.1, 0.15) is 0 Å². The maximum absolute atomic E-state index is 12.7. The first kappa shape index (κ1) is 13.9. The maximum Gasteiger partial charge on any atom is 0.196 e. The molecule has 0 saturated heterocycles. The minimum atomic E-state index is -0.231. The number of ketones is 1. The Morgan fingerprint density at radius 1 is 0.857 bits per heavy atom. The van der Waals surface area contributed by atoms with Crippen molar-refractivity contribution in [2.45, 2.75) is 0 Å². The fourth-order valence-electron chi connectivity index (χ4n) is 2.28. The molecule has 0 spiro atoms. The minimum Gasteiger partial charge on any atom is -0.398 e. The summed E-state index contributed by atoms with van der Waals surface area (Å²) >= 11 is 12.1. The van der Waals surface area contributed by atoms with Crippen LogP contribution in [0, 0.1) is 0 Å². The van der Waals surface area contributed by atoms with Crippen molar-refractivity contribution in [1.29, 1.82) is 0 Å². The van der Waals surface area contributed by atoms with E-state index in [1.165, 1.54) is 0 Å². The Morgan fingerprint density at radius 2 is 1.52 bits per heavy atom. The second kappa shape index (κ2) is 5.40. The van der Waals surface area contributed by atoms with E-state index >= 15 is 0 Å². The molecule has 0 amide bonds. The van der Waals surface area contributed by atoms with Gasteiger partial charge in [-0.2, -0.15) is 0 Å². The average molecular weight is 316 g/mol. The molecule has 0 saturated carbocycles. The normalized spacial score (nSPS) is 10.8. The lowest BCUT2D eigenvalue weighted by atomic mass is 9.98. The summed E-state index contributed by atoms with van der Waals surface area (Å²) in [6, 6.07) is 16.3. The van der Waals surface area contributed by atoms with Gasteiger partial charge in [-0.1, -0.05) is 53.5 Å². The summed E-state index contributed by atoms with van der Waals surface area (Å²) in [5, 5.41) is 2.54. The molecule has 3 rings (SSSR count). The van der Waals surface area contributed by atoms with Crippen molar-refractivity contribution in [3.8, 4) is 0 Å². The third-order valence-electron chi connectivity index (χ3n) is 3.36. The molecule has 2 nitrogen and oxygen atoms in total. The Labute approximate surface area is 132 Å². The fourth-order valence-corrected chi connectivity index (χ4v) is 2.67. The van der Waals surface area contributed by atoms with E-state index in [0.29, 0.717) is 21.8 Å². The van der Waals surface area contributed by atoms with E-state index in [4.69, 9.17) is 28.9 Å². The Hall–Kier alpha value is -2.03. The zero-order chi connectivity index (χ0) is 15.0. The zero-order valence-corrected chi connectivity index (χ0v) is 12.4. The number of nitrogens with two attached hydrogens (primary N) is 1. The van der Waals surface area contributed by atoms with E-state index in [9.17, 15) is 4.79 Å². The van der Waals surface area contributed by atoms with E-state index in [1.807, 2.05) is 24.3 Å². The van der Waals surface area contributed by atoms with Crippen molar-refractivity contribution in [2.24, 2.45) is 0 Å². The smallest absolute Gasteiger partial charge is 0.196 e. The third-order valence-corrected chi connectivity index (χ3v) is 4.18. The van der Waals surface area contributed by atoms with Gasteiger partial charge >= 0.3 is 0 Å². The molecule has 0 fully saturated rings. The Morgan fingerprint density at radius 3 is 2.24 bits per heavy atom. The molecule has 0 bridgehead atoms. The molecule has 2 N–H and O–H groups in total. The first-order valence-corrected chi connectivity index (χ1v) is 7.10. The number of nitrogen functional groups attached to an aromatic ring is 1. The van der Waals surface area contributed by atoms with Crippen LogP contribution in [0.5, 0.6) is 0 Å². The molecule has 104 valence electrons. The Kier molecular flexibility index (Phi) is 3.58. The van der Waals surface area contributed by atoms with Crippen molar-refractivity contribution < 1.29 is 4.79 Å². The van der Waals surface area contributed by atoms with Gasteiger partial charge in [0, 0.05) is 16.8 Å². The van der Waals surface area contributed by atoms with Gasteiger partial charge in [0.05, 0.1) is 10.0 Å². The van der Waals surface area contributed by atoms with Gasteiger partial charge in [0.25, 0.3) is 0 Å². The van der Waals surface area contributed by atoms with Crippen LogP contribution in [-0.4, -0.2) is 5.78 Å². The predicted octanol–water partition coefficient (Wildman–Crippen LogP) is 4.96. The van der Waals surface area contributed by atoms with Gasteiger partial charge in [-0.05, 0) is 35.0 Å². The van der Waals surface area contributed by atoms with Crippen LogP contribution in [-0.2, 0) is 0 Å². The van der Waals surface area contributed by atoms with E-state index in [1.54, 1.807) is 30.3 Å². The molecule has 0 aliphatic carbocycles. The van der Waals surface area contributed by atoms with Crippen LogP contribution >= 0.6 is 23.2 Å². The van der Waals surface area contributed by atoms with Crippen molar-refractivity contribution in [2.75, 3.05) is 5.73 Å². The van der Waals surface area contributed by atoms with Crippen LogP contribution in [0.4, 0.5) is 5.69 Å². The van der Waals surface area contributed by atoms with Gasteiger partial charge in [-0.25, -0.2) is 0 Å². The van der Waals surface area contributed by atoms with Crippen LogP contribution in [0.15, 0.2) is 54.6 Å². The van der Waals surface area contributed by atoms with Gasteiger partial charge in [-0.15, -0.1) is 0 Å². The second-order valence-electron chi connectivity index (χ2n) is 4.72. The molecule has 3 aromatic rings. The van der Waals surface area contributed by atoms with E-state index < -0.39 is 0 Å². The summed E-state index contributed by atoms with van der Waals surface area (Å²) in [6.45, 7) is 0. The van der Waals surface area contributed by atoms with Crippen LogP contribution in [0.2, 0.25) is 10.0 Å². The maximum atomic E-state index is 12.7. The van der Waals surface area contributed by atoms with E-state index in [-0.39, 0.29) is 10.8 Å². The van der Waals surface area contributed by atoms with E-state index in [0.717, 1.165) is 10.8 Å². The number of carbonyl (C=O) groups excluding carboxylic acids is 1. The van der Waals surface area contributed by atoms with Crippen LogP contribution < -0.4 is 5.73 Å². The summed E-state index contributed by atoms with van der Waals surface area (Å²) in [5.41, 5.74) is 7.22. The number of benzene rings is 3. The summed E-state index contributed by atoms with van der Waals surface area (Å²) in [4.78, 5) is 12.7. The van der Waals surface area contributed by atoms with Crippen LogP contribution in [0.1, 0.15) is 15.9 Å². The van der Waals surface area contributed by atoms with Crippen molar-refractivity contribution in [3.63, 3.8) is 0 Å². The molecule has 0 radical (unpaired) electrons. The molecule has 21 heavy (non-hydrogen) atoms. The quantitative estimate of drug-likeness (QED) is 0.536. The van der Waals surface area contributed by atoms with Gasteiger partial charge in [-0.3, -0.25) is 4.79 Å². The van der Waals surface area contributed by atoms with Gasteiger partial charge in [0.2, 0.25) is 0 Å². The predicted molar refractivity (Wildman–Crippen MR) is 88.3 cm³/mol.